The molecule has 1 unspecified atom stereocenters. The van der Waals surface area contributed by atoms with E-state index < -0.39 is 5.54 Å². The molecule has 0 aromatic heterocycles. The molecule has 2 aromatic rings. The molecule has 6 nitrogen and oxygen atoms in total. The van der Waals surface area contributed by atoms with Crippen LogP contribution in [0.25, 0.3) is 0 Å². The van der Waals surface area contributed by atoms with Crippen LogP contribution in [0.1, 0.15) is 42.4 Å². The number of rotatable bonds is 3. The van der Waals surface area contributed by atoms with Gasteiger partial charge < -0.3 is 9.47 Å². The summed E-state index contributed by atoms with van der Waals surface area (Å²) in [7, 11) is 3.60. The van der Waals surface area contributed by atoms with Gasteiger partial charge in [0.05, 0.1) is 17.7 Å². The zero-order valence-corrected chi connectivity index (χ0v) is 19.9. The van der Waals surface area contributed by atoms with Gasteiger partial charge in [-0.3, -0.25) is 9.69 Å². The number of methoxy groups -OCH3 is 1. The number of nitriles is 1. The van der Waals surface area contributed by atoms with Crippen LogP contribution in [0, 0.1) is 16.7 Å². The van der Waals surface area contributed by atoms with E-state index in [2.05, 4.69) is 12.1 Å². The van der Waals surface area contributed by atoms with Gasteiger partial charge in [-0.15, -0.1) is 0 Å². The standard InChI is InChI=1S/C26H27N3O3S/c1-29-23(30)26(28-24(29)33-3)22-14-21(32-20-6-4-5-17(13-20)16-27)8-7-18(22)15-25(26)11-9-19(31-2)10-12-25/h4-8,13-14,19H,9-12,15H2,1-3H3/t19-,25-,26?. The first-order valence-corrected chi connectivity index (χ1v) is 12.4. The molecule has 2 aliphatic carbocycles. The molecular formula is C26H27N3O3S. The SMILES string of the molecule is CO[C@H]1CC[C@]2(CC1)Cc1ccc(Oc3cccc(C#N)c3)cc1C21N=C(SC)N(C)C1=O. The molecule has 1 fully saturated rings. The second kappa shape index (κ2) is 8.19. The molecule has 5 rings (SSSR count). The number of hydrogen-bond donors (Lipinski definition) is 0. The highest BCUT2D eigenvalue weighted by molar-refractivity contribution is 8.13. The topological polar surface area (TPSA) is 74.9 Å². The molecule has 0 radical (unpaired) electrons. The fourth-order valence-electron chi connectivity index (χ4n) is 5.87. The van der Waals surface area contributed by atoms with Crippen molar-refractivity contribution in [2.24, 2.45) is 10.4 Å². The van der Waals surface area contributed by atoms with Crippen molar-refractivity contribution in [3.05, 3.63) is 59.2 Å². The Bertz CT molecular complexity index is 1180. The van der Waals surface area contributed by atoms with E-state index in [4.69, 9.17) is 14.5 Å². The fourth-order valence-corrected chi connectivity index (χ4v) is 6.46. The van der Waals surface area contributed by atoms with E-state index >= 15 is 0 Å². The van der Waals surface area contributed by atoms with E-state index in [0.29, 0.717) is 17.1 Å². The summed E-state index contributed by atoms with van der Waals surface area (Å²) in [5.41, 5.74) is 1.47. The van der Waals surface area contributed by atoms with E-state index in [0.717, 1.165) is 48.4 Å². The Hall–Kier alpha value is -2.82. The number of carbonyl (C=O) groups is 1. The van der Waals surface area contributed by atoms with Crippen molar-refractivity contribution in [3.63, 3.8) is 0 Å². The maximum Gasteiger partial charge on any atom is 0.261 e. The predicted molar refractivity (Wildman–Crippen MR) is 128 cm³/mol. The van der Waals surface area contributed by atoms with Gasteiger partial charge in [0.15, 0.2) is 10.7 Å². The van der Waals surface area contributed by atoms with E-state index in [1.54, 1.807) is 30.2 Å². The van der Waals surface area contributed by atoms with Crippen molar-refractivity contribution < 1.29 is 14.3 Å². The van der Waals surface area contributed by atoms with E-state index in [1.807, 2.05) is 31.5 Å². The summed E-state index contributed by atoms with van der Waals surface area (Å²) >= 11 is 1.51. The lowest BCUT2D eigenvalue weighted by atomic mass is 9.61. The van der Waals surface area contributed by atoms with Gasteiger partial charge in [0.1, 0.15) is 11.5 Å². The number of thioether (sulfide) groups is 1. The molecule has 1 amide bonds. The lowest BCUT2D eigenvalue weighted by molar-refractivity contribution is -0.137. The lowest BCUT2D eigenvalue weighted by Crippen LogP contribution is -2.51. The molecule has 0 saturated heterocycles. The molecule has 1 aliphatic heterocycles. The van der Waals surface area contributed by atoms with Crippen LogP contribution in [0.15, 0.2) is 47.5 Å². The predicted octanol–water partition coefficient (Wildman–Crippen LogP) is 4.87. The number of fused-ring (bicyclic) bond motifs is 3. The van der Waals surface area contributed by atoms with Crippen molar-refractivity contribution in [1.82, 2.24) is 4.90 Å². The second-order valence-corrected chi connectivity index (χ2v) is 9.90. The lowest BCUT2D eigenvalue weighted by Gasteiger charge is -2.45. The van der Waals surface area contributed by atoms with Crippen molar-refractivity contribution >= 4 is 22.8 Å². The van der Waals surface area contributed by atoms with E-state index in [-0.39, 0.29) is 17.4 Å². The second-order valence-electron chi connectivity index (χ2n) is 9.13. The maximum absolute atomic E-state index is 13.9. The smallest absolute Gasteiger partial charge is 0.261 e. The molecule has 170 valence electrons. The Balaban J connectivity index is 1.60. The van der Waals surface area contributed by atoms with Crippen LogP contribution in [0.5, 0.6) is 11.5 Å². The zero-order valence-electron chi connectivity index (χ0n) is 19.1. The van der Waals surface area contributed by atoms with Gasteiger partial charge in [-0.05, 0) is 79.8 Å². The van der Waals surface area contributed by atoms with Gasteiger partial charge in [0.2, 0.25) is 0 Å². The minimum atomic E-state index is -0.929. The number of amides is 1. The Morgan fingerprint density at radius 3 is 2.61 bits per heavy atom. The van der Waals surface area contributed by atoms with Crippen LogP contribution in [0.2, 0.25) is 0 Å². The van der Waals surface area contributed by atoms with Gasteiger partial charge in [-0.1, -0.05) is 23.9 Å². The van der Waals surface area contributed by atoms with Gasteiger partial charge >= 0.3 is 0 Å². The first kappa shape index (κ1) is 22.0. The quantitative estimate of drug-likeness (QED) is 0.652. The van der Waals surface area contributed by atoms with Crippen molar-refractivity contribution in [2.75, 3.05) is 20.4 Å². The average molecular weight is 462 g/mol. The number of benzene rings is 2. The molecule has 1 saturated carbocycles. The average Bonchev–Trinajstić information content (AvgIpc) is 3.26. The van der Waals surface area contributed by atoms with Crippen molar-refractivity contribution in [3.8, 4) is 17.6 Å². The zero-order chi connectivity index (χ0) is 23.2. The molecular weight excluding hydrogens is 434 g/mol. The summed E-state index contributed by atoms with van der Waals surface area (Å²) in [4.78, 5) is 20.8. The number of ether oxygens (including phenoxy) is 2. The number of likely N-dealkylation sites (N-methyl/N-ethyl adjacent to an activating group) is 1. The van der Waals surface area contributed by atoms with Crippen LogP contribution in [-0.2, 0) is 21.5 Å². The highest BCUT2D eigenvalue weighted by atomic mass is 32.2. The molecule has 2 aromatic carbocycles. The Morgan fingerprint density at radius 2 is 1.94 bits per heavy atom. The number of amidine groups is 1. The molecule has 1 heterocycles. The minimum absolute atomic E-state index is 0.0464. The van der Waals surface area contributed by atoms with Gasteiger partial charge in [0, 0.05) is 19.6 Å². The summed E-state index contributed by atoms with van der Waals surface area (Å²) in [5, 5.41) is 9.96. The van der Waals surface area contributed by atoms with Crippen molar-refractivity contribution in [2.45, 2.75) is 43.7 Å². The summed E-state index contributed by atoms with van der Waals surface area (Å²) in [5.74, 6) is 1.29. The third-order valence-electron chi connectivity index (χ3n) is 7.54. The largest absolute Gasteiger partial charge is 0.457 e. The molecule has 1 atom stereocenters. The van der Waals surface area contributed by atoms with Gasteiger partial charge in [-0.25, -0.2) is 4.99 Å². The number of nitrogens with zero attached hydrogens (tertiary/aromatic N) is 3. The third kappa shape index (κ3) is 3.27. The molecule has 2 spiro atoms. The Labute approximate surface area is 198 Å². The number of hydrogen-bond acceptors (Lipinski definition) is 6. The fraction of sp³-hybridized carbons (Fsp3) is 0.423. The monoisotopic (exact) mass is 461 g/mol. The molecule has 33 heavy (non-hydrogen) atoms. The molecule has 0 N–H and O–H groups in total. The number of carbonyl (C=O) groups excluding carboxylic acids is 1. The maximum atomic E-state index is 13.9. The molecule has 3 aliphatic rings. The van der Waals surface area contributed by atoms with Gasteiger partial charge in [0.25, 0.3) is 5.91 Å². The molecule has 0 bridgehead atoms. The highest BCUT2D eigenvalue weighted by Gasteiger charge is 2.66. The minimum Gasteiger partial charge on any atom is -0.457 e. The van der Waals surface area contributed by atoms with E-state index in [1.165, 1.54) is 11.8 Å². The van der Waals surface area contributed by atoms with Crippen LogP contribution < -0.4 is 4.74 Å². The number of aliphatic imine (C=N–C) groups is 1. The Kier molecular flexibility index (Phi) is 5.46. The van der Waals surface area contributed by atoms with Crippen LogP contribution in [0.4, 0.5) is 0 Å². The first-order chi connectivity index (χ1) is 16.0. The van der Waals surface area contributed by atoms with Crippen LogP contribution in [-0.4, -0.2) is 42.5 Å². The van der Waals surface area contributed by atoms with Crippen LogP contribution >= 0.6 is 11.8 Å². The first-order valence-electron chi connectivity index (χ1n) is 11.2. The summed E-state index contributed by atoms with van der Waals surface area (Å²) in [6.45, 7) is 0. The Morgan fingerprint density at radius 1 is 1.18 bits per heavy atom. The highest BCUT2D eigenvalue weighted by Crippen LogP contribution is 2.62. The van der Waals surface area contributed by atoms with Gasteiger partial charge in [-0.2, -0.15) is 5.26 Å². The van der Waals surface area contributed by atoms with E-state index in [9.17, 15) is 10.1 Å². The third-order valence-corrected chi connectivity index (χ3v) is 8.27. The van der Waals surface area contributed by atoms with Crippen LogP contribution in [0.3, 0.4) is 0 Å². The normalized spacial score (nSPS) is 28.2. The summed E-state index contributed by atoms with van der Waals surface area (Å²) < 4.78 is 11.8. The summed E-state index contributed by atoms with van der Waals surface area (Å²) in [6, 6.07) is 15.3. The molecule has 7 heteroatoms. The summed E-state index contributed by atoms with van der Waals surface area (Å²) in [6.07, 6.45) is 6.67. The van der Waals surface area contributed by atoms with Crippen molar-refractivity contribution in [1.29, 1.82) is 5.26 Å².